The number of carbonyl (C=O) groups is 1. The predicted octanol–water partition coefficient (Wildman–Crippen LogP) is 4.33. The Bertz CT molecular complexity index is 1060. The number of nitrogens with one attached hydrogen (secondary N) is 1. The van der Waals surface area contributed by atoms with Crippen molar-refractivity contribution in [3.63, 3.8) is 0 Å². The molecule has 3 aromatic rings. The quantitative estimate of drug-likeness (QED) is 0.528. The zero-order chi connectivity index (χ0) is 19.6. The lowest BCUT2D eigenvalue weighted by molar-refractivity contribution is -0.113. The van der Waals surface area contributed by atoms with Crippen LogP contribution in [0.25, 0.3) is 10.9 Å². The van der Waals surface area contributed by atoms with Gasteiger partial charge in [0.05, 0.1) is 16.7 Å². The van der Waals surface area contributed by atoms with Gasteiger partial charge >= 0.3 is 0 Å². The minimum atomic E-state index is -0.121. The second-order valence-corrected chi connectivity index (χ2v) is 7.78. The average molecular weight is 382 g/mol. The highest BCUT2D eigenvalue weighted by atomic mass is 32.2. The van der Waals surface area contributed by atoms with Crippen LogP contribution < -0.4 is 10.9 Å². The van der Waals surface area contributed by atoms with Crippen LogP contribution in [0.1, 0.15) is 31.0 Å². The summed E-state index contributed by atoms with van der Waals surface area (Å²) in [4.78, 5) is 29.8. The first-order chi connectivity index (χ1) is 12.9. The van der Waals surface area contributed by atoms with E-state index in [0.29, 0.717) is 16.1 Å². The van der Waals surface area contributed by atoms with Crippen molar-refractivity contribution in [3.8, 4) is 0 Å². The maximum absolute atomic E-state index is 12.8. The molecule has 0 aliphatic carbocycles. The fourth-order valence-corrected chi connectivity index (χ4v) is 3.88. The number of aromatic nitrogens is 2. The van der Waals surface area contributed by atoms with E-state index in [9.17, 15) is 9.59 Å². The molecule has 27 heavy (non-hydrogen) atoms. The van der Waals surface area contributed by atoms with E-state index < -0.39 is 0 Å². The normalized spacial score (nSPS) is 11.1. The van der Waals surface area contributed by atoms with E-state index in [1.807, 2.05) is 64.1 Å². The number of nitrogens with zero attached hydrogens (tertiary/aromatic N) is 2. The molecule has 0 spiro atoms. The molecule has 6 heteroatoms. The highest BCUT2D eigenvalue weighted by Gasteiger charge is 2.15. The number of amides is 1. The summed E-state index contributed by atoms with van der Waals surface area (Å²) in [5.41, 5.74) is 3.56. The third-order valence-corrected chi connectivity index (χ3v) is 5.23. The van der Waals surface area contributed by atoms with Crippen molar-refractivity contribution in [2.24, 2.45) is 0 Å². The van der Waals surface area contributed by atoms with Crippen molar-refractivity contribution < 1.29 is 4.79 Å². The first-order valence-electron chi connectivity index (χ1n) is 8.88. The number of benzene rings is 2. The van der Waals surface area contributed by atoms with Gasteiger partial charge in [-0.15, -0.1) is 0 Å². The number of fused-ring (bicyclic) bond motifs is 1. The highest BCUT2D eigenvalue weighted by molar-refractivity contribution is 7.99. The topological polar surface area (TPSA) is 64.0 Å². The first-order valence-corrected chi connectivity index (χ1v) is 9.86. The number of hydrogen-bond acceptors (Lipinski definition) is 4. The fraction of sp³-hybridized carbons (Fsp3) is 0.286. The van der Waals surface area contributed by atoms with E-state index in [1.54, 1.807) is 10.6 Å². The summed E-state index contributed by atoms with van der Waals surface area (Å²) in [5, 5.41) is 4.09. The molecular formula is C21H23N3O2S. The van der Waals surface area contributed by atoms with Gasteiger partial charge in [-0.1, -0.05) is 41.6 Å². The second-order valence-electron chi connectivity index (χ2n) is 6.84. The van der Waals surface area contributed by atoms with E-state index >= 15 is 0 Å². The molecule has 0 fully saturated rings. The lowest BCUT2D eigenvalue weighted by Gasteiger charge is -2.16. The number of hydrogen-bond donors (Lipinski definition) is 1. The highest BCUT2D eigenvalue weighted by Crippen LogP contribution is 2.22. The maximum Gasteiger partial charge on any atom is 0.262 e. The van der Waals surface area contributed by atoms with Crippen molar-refractivity contribution in [3.05, 3.63) is 63.9 Å². The summed E-state index contributed by atoms with van der Waals surface area (Å²) >= 11 is 1.28. The fourth-order valence-electron chi connectivity index (χ4n) is 2.95. The van der Waals surface area contributed by atoms with Gasteiger partial charge in [-0.3, -0.25) is 14.2 Å². The summed E-state index contributed by atoms with van der Waals surface area (Å²) in [6.07, 6.45) is 0. The summed E-state index contributed by atoms with van der Waals surface area (Å²) in [6, 6.07) is 13.2. The molecule has 0 bridgehead atoms. The minimum absolute atomic E-state index is 0.0421. The summed E-state index contributed by atoms with van der Waals surface area (Å²) in [7, 11) is 0. The molecule has 5 nitrogen and oxygen atoms in total. The molecule has 0 radical (unpaired) electrons. The SMILES string of the molecule is Cc1ccc(NC(=O)CSc2nc3ccccc3c(=O)n2C(C)C)c(C)c1. The molecule has 1 aromatic heterocycles. The van der Waals surface area contributed by atoms with Gasteiger partial charge in [-0.25, -0.2) is 4.98 Å². The van der Waals surface area contributed by atoms with Gasteiger partial charge in [0.15, 0.2) is 5.16 Å². The van der Waals surface area contributed by atoms with Gasteiger partial charge in [0.2, 0.25) is 5.91 Å². The van der Waals surface area contributed by atoms with Crippen LogP contribution in [-0.2, 0) is 4.79 Å². The third-order valence-electron chi connectivity index (χ3n) is 4.28. The number of aryl methyl sites for hydroxylation is 2. The molecule has 140 valence electrons. The third kappa shape index (κ3) is 4.22. The van der Waals surface area contributed by atoms with Crippen molar-refractivity contribution in [1.29, 1.82) is 0 Å². The molecule has 1 heterocycles. The standard InChI is InChI=1S/C21H23N3O2S/c1-13(2)24-20(26)16-7-5-6-8-18(16)23-21(24)27-12-19(25)22-17-10-9-14(3)11-15(17)4/h5-11,13H,12H2,1-4H3,(H,22,25). The largest absolute Gasteiger partial charge is 0.325 e. The molecule has 0 atom stereocenters. The van der Waals surface area contributed by atoms with Gasteiger partial charge in [-0.05, 0) is 51.5 Å². The molecular weight excluding hydrogens is 358 g/mol. The van der Waals surface area contributed by atoms with Crippen LogP contribution in [0, 0.1) is 13.8 Å². The summed E-state index contributed by atoms with van der Waals surface area (Å²) < 4.78 is 1.65. The number of anilines is 1. The molecule has 1 N–H and O–H groups in total. The lowest BCUT2D eigenvalue weighted by Crippen LogP contribution is -2.25. The average Bonchev–Trinajstić information content (AvgIpc) is 2.62. The Morgan fingerprint density at radius 3 is 2.63 bits per heavy atom. The van der Waals surface area contributed by atoms with Crippen LogP contribution in [0.2, 0.25) is 0 Å². The zero-order valence-corrected chi connectivity index (χ0v) is 16.8. The smallest absolute Gasteiger partial charge is 0.262 e. The molecule has 0 saturated carbocycles. The monoisotopic (exact) mass is 381 g/mol. The Morgan fingerprint density at radius 1 is 1.19 bits per heavy atom. The van der Waals surface area contributed by atoms with Gasteiger partial charge < -0.3 is 5.32 Å². The Balaban J connectivity index is 1.82. The summed E-state index contributed by atoms with van der Waals surface area (Å²) in [5.74, 6) is 0.0647. The molecule has 0 saturated heterocycles. The van der Waals surface area contributed by atoms with E-state index in [2.05, 4.69) is 10.3 Å². The zero-order valence-electron chi connectivity index (χ0n) is 15.9. The van der Waals surface area contributed by atoms with Gasteiger partial charge in [0.25, 0.3) is 5.56 Å². The van der Waals surface area contributed by atoms with Gasteiger partial charge in [-0.2, -0.15) is 0 Å². The number of para-hydroxylation sites is 1. The van der Waals surface area contributed by atoms with Crippen LogP contribution in [0.3, 0.4) is 0 Å². The number of rotatable bonds is 5. The van der Waals surface area contributed by atoms with Crippen LogP contribution in [0.5, 0.6) is 0 Å². The molecule has 2 aromatic carbocycles. The molecule has 0 aliphatic rings. The Morgan fingerprint density at radius 2 is 1.93 bits per heavy atom. The molecule has 1 amide bonds. The van der Waals surface area contributed by atoms with Crippen LogP contribution in [0.4, 0.5) is 5.69 Å². The first kappa shape index (κ1) is 19.2. The molecule has 0 unspecified atom stereocenters. The van der Waals surface area contributed by atoms with Crippen molar-refractivity contribution in [2.45, 2.75) is 38.9 Å². The maximum atomic E-state index is 12.8. The number of thioether (sulfide) groups is 1. The predicted molar refractivity (Wildman–Crippen MR) is 112 cm³/mol. The van der Waals surface area contributed by atoms with Crippen LogP contribution in [-0.4, -0.2) is 21.2 Å². The van der Waals surface area contributed by atoms with E-state index in [0.717, 1.165) is 16.8 Å². The van der Waals surface area contributed by atoms with Crippen molar-refractivity contribution >= 4 is 34.3 Å². The second kappa shape index (κ2) is 7.96. The Labute approximate surface area is 162 Å². The van der Waals surface area contributed by atoms with Crippen molar-refractivity contribution in [1.82, 2.24) is 9.55 Å². The van der Waals surface area contributed by atoms with Gasteiger partial charge in [0.1, 0.15) is 0 Å². The Hall–Kier alpha value is -2.60. The summed E-state index contributed by atoms with van der Waals surface area (Å²) in [6.45, 7) is 7.87. The molecule has 3 rings (SSSR count). The molecule has 0 aliphatic heterocycles. The van der Waals surface area contributed by atoms with Crippen LogP contribution in [0.15, 0.2) is 52.4 Å². The minimum Gasteiger partial charge on any atom is -0.325 e. The number of carbonyl (C=O) groups excluding carboxylic acids is 1. The lowest BCUT2D eigenvalue weighted by atomic mass is 10.1. The van der Waals surface area contributed by atoms with Crippen molar-refractivity contribution in [2.75, 3.05) is 11.1 Å². The van der Waals surface area contributed by atoms with E-state index in [-0.39, 0.29) is 23.3 Å². The van der Waals surface area contributed by atoms with E-state index in [4.69, 9.17) is 0 Å². The van der Waals surface area contributed by atoms with Gasteiger partial charge in [0, 0.05) is 11.7 Å². The van der Waals surface area contributed by atoms with E-state index in [1.165, 1.54) is 11.8 Å². The van der Waals surface area contributed by atoms with Crippen LogP contribution >= 0.6 is 11.8 Å². The Kier molecular flexibility index (Phi) is 5.65.